The summed E-state index contributed by atoms with van der Waals surface area (Å²) in [5.74, 6) is -3.14. The monoisotopic (exact) mass is 621 g/mol. The van der Waals surface area contributed by atoms with Crippen LogP contribution in [0.3, 0.4) is 0 Å². The van der Waals surface area contributed by atoms with Gasteiger partial charge in [-0.05, 0) is 49.4 Å². The minimum Gasteiger partial charge on any atom is -0.481 e. The Morgan fingerprint density at radius 3 is 2.07 bits per heavy atom. The molecule has 0 aliphatic carbocycles. The molecule has 0 fully saturated rings. The highest BCUT2D eigenvalue weighted by Crippen LogP contribution is 2.38. The second kappa shape index (κ2) is 17.9. The fraction of sp³-hybridized carbons (Fsp3) is 0.735. The van der Waals surface area contributed by atoms with E-state index in [1.54, 1.807) is 14.0 Å². The van der Waals surface area contributed by atoms with Gasteiger partial charge in [0.2, 0.25) is 0 Å². The largest absolute Gasteiger partial charge is 0.481 e. The molecule has 246 valence electrons. The summed E-state index contributed by atoms with van der Waals surface area (Å²) in [5.41, 5.74) is 0.940. The second-order valence-electron chi connectivity index (χ2n) is 13.9. The van der Waals surface area contributed by atoms with Crippen molar-refractivity contribution in [3.8, 4) is 0 Å². The van der Waals surface area contributed by atoms with Gasteiger partial charge in [0.15, 0.2) is 14.4 Å². The maximum absolute atomic E-state index is 14.1. The summed E-state index contributed by atoms with van der Waals surface area (Å²) in [4.78, 5) is 40.8. The maximum Gasteiger partial charge on any atom is 0.312 e. The van der Waals surface area contributed by atoms with Gasteiger partial charge in [-0.3, -0.25) is 14.4 Å². The van der Waals surface area contributed by atoms with E-state index in [1.807, 2.05) is 44.2 Å². The van der Waals surface area contributed by atoms with E-state index in [0.717, 1.165) is 37.7 Å². The van der Waals surface area contributed by atoms with Gasteiger partial charge in [-0.2, -0.15) is 0 Å². The van der Waals surface area contributed by atoms with E-state index in [2.05, 4.69) is 40.8 Å². The van der Waals surface area contributed by atoms with Gasteiger partial charge in [0.1, 0.15) is 0 Å². The Kier molecular flexibility index (Phi) is 16.2. The Morgan fingerprint density at radius 2 is 1.56 bits per heavy atom. The predicted octanol–water partition coefficient (Wildman–Crippen LogP) is 6.85. The van der Waals surface area contributed by atoms with Crippen molar-refractivity contribution in [2.24, 2.45) is 11.8 Å². The lowest BCUT2D eigenvalue weighted by molar-refractivity contribution is -0.170. The third-order valence-corrected chi connectivity index (χ3v) is 13.3. The summed E-state index contributed by atoms with van der Waals surface area (Å²) in [5, 5.41) is 20.4. The van der Waals surface area contributed by atoms with Crippen LogP contribution in [0.4, 0.5) is 0 Å². The number of hydrogen-bond donors (Lipinski definition) is 2. The fourth-order valence-electron chi connectivity index (χ4n) is 4.79. The number of unbranched alkanes of at least 4 members (excludes halogenated alkanes) is 4. The molecule has 1 aromatic carbocycles. The highest BCUT2D eigenvalue weighted by molar-refractivity contribution is 6.74. The zero-order chi connectivity index (χ0) is 33.0. The number of likely N-dealkylation sites (N-methyl/N-ethyl adjacent to an activating group) is 1. The molecule has 0 heterocycles. The molecule has 0 saturated carbocycles. The number of carbonyl (C=O) groups excluding carboxylic acids is 2. The van der Waals surface area contributed by atoms with Crippen molar-refractivity contribution in [1.82, 2.24) is 4.90 Å². The van der Waals surface area contributed by atoms with E-state index in [9.17, 15) is 24.6 Å². The van der Waals surface area contributed by atoms with Crippen LogP contribution in [0.1, 0.15) is 99.0 Å². The molecule has 0 spiro atoms. The van der Waals surface area contributed by atoms with E-state index >= 15 is 0 Å². The number of carboxylic acids is 1. The molecule has 2 N–H and O–H groups in total. The number of amides is 1. The Hall–Kier alpha value is -2.23. The highest BCUT2D eigenvalue weighted by Gasteiger charge is 2.44. The normalized spacial score (nSPS) is 15.8. The molecule has 9 heteroatoms. The third kappa shape index (κ3) is 12.7. The van der Waals surface area contributed by atoms with Crippen LogP contribution in [0, 0.1) is 11.8 Å². The average molecular weight is 622 g/mol. The Morgan fingerprint density at radius 1 is 0.977 bits per heavy atom. The summed E-state index contributed by atoms with van der Waals surface area (Å²) in [6.07, 6.45) is 3.12. The van der Waals surface area contributed by atoms with Gasteiger partial charge >= 0.3 is 11.9 Å². The Balaban J connectivity index is 3.28. The van der Waals surface area contributed by atoms with Gasteiger partial charge in [-0.1, -0.05) is 104 Å². The van der Waals surface area contributed by atoms with Crippen molar-refractivity contribution in [2.45, 2.75) is 142 Å². The Labute approximate surface area is 261 Å². The summed E-state index contributed by atoms with van der Waals surface area (Å²) < 4.78 is 12.5. The summed E-state index contributed by atoms with van der Waals surface area (Å²) in [7, 11) is -0.795. The lowest BCUT2D eigenvalue weighted by Crippen LogP contribution is -2.56. The molecule has 0 aliphatic rings. The molecule has 0 unspecified atom stereocenters. The minimum absolute atomic E-state index is 0.174. The van der Waals surface area contributed by atoms with E-state index in [0.29, 0.717) is 12.8 Å². The SMILES string of the molecule is CCCCCCC[C@@H](O)[C@H](C)C(=O)O[C@H](C(=O)N(C)[C@@H](Cc1ccccc1)[C@@H](CC(=O)O)O[Si](C)(C)C(C)(C)C)C(C)C. The van der Waals surface area contributed by atoms with Gasteiger partial charge in [-0.15, -0.1) is 0 Å². The lowest BCUT2D eigenvalue weighted by Gasteiger charge is -2.43. The van der Waals surface area contributed by atoms with Crippen LogP contribution < -0.4 is 0 Å². The van der Waals surface area contributed by atoms with Crippen LogP contribution >= 0.6 is 0 Å². The molecule has 43 heavy (non-hydrogen) atoms. The van der Waals surface area contributed by atoms with Crippen molar-refractivity contribution in [2.75, 3.05) is 7.05 Å². The predicted molar refractivity (Wildman–Crippen MR) is 174 cm³/mol. The third-order valence-electron chi connectivity index (χ3n) is 8.83. The molecule has 5 atom stereocenters. The maximum atomic E-state index is 14.1. The first-order valence-electron chi connectivity index (χ1n) is 16.0. The highest BCUT2D eigenvalue weighted by atomic mass is 28.4. The average Bonchev–Trinajstić information content (AvgIpc) is 2.92. The van der Waals surface area contributed by atoms with Gasteiger partial charge in [0.05, 0.1) is 30.6 Å². The van der Waals surface area contributed by atoms with Crippen LogP contribution in [-0.4, -0.2) is 72.7 Å². The van der Waals surface area contributed by atoms with Gasteiger partial charge in [0, 0.05) is 7.05 Å². The number of aliphatic hydroxyl groups excluding tert-OH is 1. The molecule has 0 aromatic heterocycles. The number of carbonyl (C=O) groups is 3. The summed E-state index contributed by atoms with van der Waals surface area (Å²) >= 11 is 0. The molecule has 8 nitrogen and oxygen atoms in total. The number of ether oxygens (including phenoxy) is 1. The van der Waals surface area contributed by atoms with Crippen LogP contribution in [0.2, 0.25) is 18.1 Å². The smallest absolute Gasteiger partial charge is 0.312 e. The molecular formula is C34H59NO7Si. The number of nitrogens with zero attached hydrogens (tertiary/aromatic N) is 1. The molecule has 1 rings (SSSR count). The van der Waals surface area contributed by atoms with Gasteiger partial charge < -0.3 is 24.3 Å². The van der Waals surface area contributed by atoms with Crippen molar-refractivity contribution in [3.05, 3.63) is 35.9 Å². The number of rotatable bonds is 19. The van der Waals surface area contributed by atoms with Crippen molar-refractivity contribution >= 4 is 26.2 Å². The molecule has 1 amide bonds. The lowest BCUT2D eigenvalue weighted by atomic mass is 9.96. The van der Waals surface area contributed by atoms with Gasteiger partial charge in [-0.25, -0.2) is 0 Å². The number of esters is 1. The number of benzene rings is 1. The van der Waals surface area contributed by atoms with Gasteiger partial charge in [0.25, 0.3) is 5.91 Å². The number of aliphatic hydroxyl groups is 1. The molecule has 1 aromatic rings. The molecule has 0 bridgehead atoms. The fourth-order valence-corrected chi connectivity index (χ4v) is 6.14. The second-order valence-corrected chi connectivity index (χ2v) is 18.6. The zero-order valence-electron chi connectivity index (χ0n) is 28.4. The van der Waals surface area contributed by atoms with Crippen LogP contribution in [-0.2, 0) is 30.0 Å². The number of hydrogen-bond acceptors (Lipinski definition) is 6. The molecular weight excluding hydrogens is 562 g/mol. The topological polar surface area (TPSA) is 113 Å². The van der Waals surface area contributed by atoms with E-state index in [4.69, 9.17) is 9.16 Å². The number of aliphatic carboxylic acids is 1. The molecule has 0 saturated heterocycles. The first-order chi connectivity index (χ1) is 19.9. The van der Waals surface area contributed by atoms with Crippen LogP contribution in [0.5, 0.6) is 0 Å². The standard InChI is InChI=1S/C34H59NO7Si/c1-11-12-13-14-18-21-28(36)25(4)33(40)41-31(24(2)3)32(39)35(8)27(22-26-19-16-15-17-20-26)29(23-30(37)38)42-43(9,10)34(5,6)7/h15-17,19-20,24-25,27-29,31,36H,11-14,18,21-23H2,1-10H3,(H,37,38)/t25-,27-,28+,29+,31-/m0/s1. The van der Waals surface area contributed by atoms with E-state index in [-0.39, 0.29) is 17.4 Å². The quantitative estimate of drug-likeness (QED) is 0.0987. The van der Waals surface area contributed by atoms with E-state index in [1.165, 1.54) is 4.90 Å². The van der Waals surface area contributed by atoms with Crippen LogP contribution in [0.15, 0.2) is 30.3 Å². The van der Waals surface area contributed by atoms with Crippen molar-refractivity contribution in [3.63, 3.8) is 0 Å². The number of carboxylic acid groups (broad SMARTS) is 1. The van der Waals surface area contributed by atoms with E-state index < -0.39 is 56.4 Å². The first kappa shape index (κ1) is 38.8. The van der Waals surface area contributed by atoms with Crippen molar-refractivity contribution < 1.29 is 33.8 Å². The zero-order valence-corrected chi connectivity index (χ0v) is 29.4. The Bertz CT molecular complexity index is 992. The first-order valence-corrected chi connectivity index (χ1v) is 18.9. The molecule has 0 aliphatic heterocycles. The summed E-state index contributed by atoms with van der Waals surface area (Å²) in [6.45, 7) is 17.8. The van der Waals surface area contributed by atoms with Crippen molar-refractivity contribution in [1.29, 1.82) is 0 Å². The van der Waals surface area contributed by atoms with Crippen LogP contribution in [0.25, 0.3) is 0 Å². The minimum atomic E-state index is -2.43. The molecule has 0 radical (unpaired) electrons. The summed E-state index contributed by atoms with van der Waals surface area (Å²) in [6, 6.07) is 8.99.